The lowest BCUT2D eigenvalue weighted by atomic mass is 10.3. The summed E-state index contributed by atoms with van der Waals surface area (Å²) in [6.45, 7) is 3.96. The van der Waals surface area contributed by atoms with Gasteiger partial charge in [0.15, 0.2) is 0 Å². The van der Waals surface area contributed by atoms with Crippen molar-refractivity contribution in [3.8, 4) is 0 Å². The van der Waals surface area contributed by atoms with Gasteiger partial charge in [-0.05, 0) is 12.1 Å². The number of carbonyl (C=O) groups is 1. The second kappa shape index (κ2) is 4.28. The van der Waals surface area contributed by atoms with Gasteiger partial charge in [-0.1, -0.05) is 0 Å². The minimum Gasteiger partial charge on any atom is -0.345 e. The second-order valence-corrected chi connectivity index (χ2v) is 3.49. The highest BCUT2D eigenvalue weighted by Gasteiger charge is 2.15. The maximum atomic E-state index is 11.7. The number of amides is 1. The Balaban J connectivity index is 1.88. The molecule has 0 bridgehead atoms. The van der Waals surface area contributed by atoms with Gasteiger partial charge >= 0.3 is 0 Å². The van der Waals surface area contributed by atoms with E-state index in [4.69, 9.17) is 0 Å². The van der Waals surface area contributed by atoms with Crippen molar-refractivity contribution < 1.29 is 4.79 Å². The van der Waals surface area contributed by atoms with Crippen molar-refractivity contribution in [2.75, 3.05) is 26.2 Å². The summed E-state index contributed by atoms with van der Waals surface area (Å²) >= 11 is 0. The molecule has 2 rings (SSSR count). The molecule has 4 heteroatoms. The number of nitrogens with zero attached hydrogens (tertiary/aromatic N) is 2. The van der Waals surface area contributed by atoms with E-state index < -0.39 is 0 Å². The first-order valence-corrected chi connectivity index (χ1v) is 4.95. The summed E-state index contributed by atoms with van der Waals surface area (Å²) in [7, 11) is 0. The molecule has 1 aliphatic heterocycles. The molecular weight excluding hydrogens is 178 g/mol. The average Bonchev–Trinajstić information content (AvgIpc) is 2.72. The third kappa shape index (κ3) is 2.14. The number of aromatic nitrogens is 1. The third-order valence-corrected chi connectivity index (χ3v) is 2.45. The molecule has 0 aliphatic carbocycles. The number of nitrogens with one attached hydrogen (secondary N) is 1. The number of carbonyl (C=O) groups excluding carboxylic acids is 1. The van der Waals surface area contributed by atoms with E-state index in [0.717, 1.165) is 26.2 Å². The number of hydrogen-bond donors (Lipinski definition) is 1. The Morgan fingerprint density at radius 3 is 2.50 bits per heavy atom. The summed E-state index contributed by atoms with van der Waals surface area (Å²) in [4.78, 5) is 13.7. The van der Waals surface area contributed by atoms with Crippen LogP contribution in [0.2, 0.25) is 0 Å². The van der Waals surface area contributed by atoms with Crippen molar-refractivity contribution >= 4 is 5.91 Å². The lowest BCUT2D eigenvalue weighted by Crippen LogP contribution is -2.47. The van der Waals surface area contributed by atoms with Crippen molar-refractivity contribution in [3.05, 3.63) is 24.5 Å². The molecule has 4 nitrogen and oxygen atoms in total. The molecule has 1 saturated heterocycles. The normalized spacial score (nSPS) is 17.0. The fourth-order valence-electron chi connectivity index (χ4n) is 1.65. The average molecular weight is 193 g/mol. The van der Waals surface area contributed by atoms with Crippen LogP contribution >= 0.6 is 0 Å². The third-order valence-electron chi connectivity index (χ3n) is 2.45. The van der Waals surface area contributed by atoms with E-state index in [1.807, 2.05) is 34.0 Å². The molecule has 1 aromatic heterocycles. The van der Waals surface area contributed by atoms with E-state index >= 15 is 0 Å². The molecule has 0 aromatic carbocycles. The Kier molecular flexibility index (Phi) is 2.84. The van der Waals surface area contributed by atoms with Crippen LogP contribution in [0.5, 0.6) is 0 Å². The zero-order valence-electron chi connectivity index (χ0n) is 8.15. The van der Waals surface area contributed by atoms with E-state index in [-0.39, 0.29) is 5.91 Å². The van der Waals surface area contributed by atoms with E-state index in [9.17, 15) is 4.79 Å². The van der Waals surface area contributed by atoms with Crippen LogP contribution in [0.1, 0.15) is 0 Å². The molecule has 1 amide bonds. The predicted octanol–water partition coefficient (Wildman–Crippen LogP) is -0.0801. The predicted molar refractivity (Wildman–Crippen MR) is 53.9 cm³/mol. The van der Waals surface area contributed by atoms with Crippen molar-refractivity contribution in [1.82, 2.24) is 14.8 Å². The lowest BCUT2D eigenvalue weighted by Gasteiger charge is -2.27. The fourth-order valence-corrected chi connectivity index (χ4v) is 1.65. The van der Waals surface area contributed by atoms with Gasteiger partial charge in [0.25, 0.3) is 0 Å². The zero-order chi connectivity index (χ0) is 9.80. The van der Waals surface area contributed by atoms with Crippen molar-refractivity contribution in [3.63, 3.8) is 0 Å². The Hall–Kier alpha value is -1.29. The standard InChI is InChI=1S/C10H15N3O/c14-10(9-12-5-1-2-6-12)13-7-3-11-4-8-13/h1-2,5-6,11H,3-4,7-9H2. The van der Waals surface area contributed by atoms with E-state index in [0.29, 0.717) is 6.54 Å². The maximum absolute atomic E-state index is 11.7. The Morgan fingerprint density at radius 1 is 1.21 bits per heavy atom. The second-order valence-electron chi connectivity index (χ2n) is 3.49. The van der Waals surface area contributed by atoms with Gasteiger partial charge in [-0.15, -0.1) is 0 Å². The molecule has 1 aromatic rings. The molecule has 0 atom stereocenters. The topological polar surface area (TPSA) is 37.3 Å². The van der Waals surface area contributed by atoms with Crippen LogP contribution in [0.4, 0.5) is 0 Å². The number of hydrogen-bond acceptors (Lipinski definition) is 2. The fraction of sp³-hybridized carbons (Fsp3) is 0.500. The minimum absolute atomic E-state index is 0.211. The van der Waals surface area contributed by atoms with Gasteiger partial charge in [0.05, 0.1) is 0 Å². The monoisotopic (exact) mass is 193 g/mol. The van der Waals surface area contributed by atoms with Gasteiger partial charge < -0.3 is 14.8 Å². The first-order chi connectivity index (χ1) is 6.86. The molecule has 14 heavy (non-hydrogen) atoms. The minimum atomic E-state index is 0.211. The summed E-state index contributed by atoms with van der Waals surface area (Å²) in [6, 6.07) is 3.87. The van der Waals surface area contributed by atoms with Crippen LogP contribution in [0.3, 0.4) is 0 Å². The Morgan fingerprint density at radius 2 is 1.86 bits per heavy atom. The molecule has 0 saturated carbocycles. The highest BCUT2D eigenvalue weighted by molar-refractivity contribution is 5.76. The quantitative estimate of drug-likeness (QED) is 0.713. The summed E-state index contributed by atoms with van der Waals surface area (Å²) < 4.78 is 1.91. The van der Waals surface area contributed by atoms with Crippen LogP contribution in [0.25, 0.3) is 0 Å². The lowest BCUT2D eigenvalue weighted by molar-refractivity contribution is -0.132. The van der Waals surface area contributed by atoms with Crippen LogP contribution in [-0.4, -0.2) is 41.6 Å². The Bertz CT molecular complexity index is 288. The molecule has 0 unspecified atom stereocenters. The van der Waals surface area contributed by atoms with E-state index in [1.54, 1.807) is 0 Å². The molecule has 1 aliphatic rings. The smallest absolute Gasteiger partial charge is 0.242 e. The first-order valence-electron chi connectivity index (χ1n) is 4.95. The van der Waals surface area contributed by atoms with Gasteiger partial charge in [-0.3, -0.25) is 4.79 Å². The van der Waals surface area contributed by atoms with Crippen LogP contribution < -0.4 is 5.32 Å². The van der Waals surface area contributed by atoms with Crippen molar-refractivity contribution in [1.29, 1.82) is 0 Å². The van der Waals surface area contributed by atoms with Gasteiger partial charge in [-0.2, -0.15) is 0 Å². The van der Waals surface area contributed by atoms with Gasteiger partial charge in [-0.25, -0.2) is 0 Å². The molecule has 0 radical (unpaired) electrons. The van der Waals surface area contributed by atoms with Gasteiger partial charge in [0.1, 0.15) is 6.54 Å². The zero-order valence-corrected chi connectivity index (χ0v) is 8.15. The maximum Gasteiger partial charge on any atom is 0.242 e. The number of rotatable bonds is 2. The summed E-state index contributed by atoms with van der Waals surface area (Å²) in [6.07, 6.45) is 3.83. The van der Waals surface area contributed by atoms with Crippen molar-refractivity contribution in [2.45, 2.75) is 6.54 Å². The molecule has 2 heterocycles. The highest BCUT2D eigenvalue weighted by atomic mass is 16.2. The first kappa shape index (κ1) is 9.27. The van der Waals surface area contributed by atoms with E-state index in [1.165, 1.54) is 0 Å². The van der Waals surface area contributed by atoms with Crippen LogP contribution in [-0.2, 0) is 11.3 Å². The highest BCUT2D eigenvalue weighted by Crippen LogP contribution is 1.97. The Labute approximate surface area is 83.5 Å². The van der Waals surface area contributed by atoms with Gasteiger partial charge in [0, 0.05) is 38.6 Å². The molecule has 0 spiro atoms. The molecule has 1 fully saturated rings. The van der Waals surface area contributed by atoms with E-state index in [2.05, 4.69) is 5.32 Å². The largest absolute Gasteiger partial charge is 0.345 e. The van der Waals surface area contributed by atoms with Crippen molar-refractivity contribution in [2.24, 2.45) is 0 Å². The molecule has 76 valence electrons. The van der Waals surface area contributed by atoms with Crippen LogP contribution in [0.15, 0.2) is 24.5 Å². The number of piperazine rings is 1. The summed E-state index contributed by atoms with van der Waals surface area (Å²) in [5, 5.41) is 3.23. The molecular formula is C10H15N3O. The van der Waals surface area contributed by atoms with Crippen LogP contribution in [0, 0.1) is 0 Å². The summed E-state index contributed by atoms with van der Waals surface area (Å²) in [5.74, 6) is 0.211. The summed E-state index contributed by atoms with van der Waals surface area (Å²) in [5.41, 5.74) is 0. The molecule has 1 N–H and O–H groups in total. The van der Waals surface area contributed by atoms with Gasteiger partial charge in [0.2, 0.25) is 5.91 Å². The SMILES string of the molecule is O=C(Cn1cccc1)N1CCNCC1.